The van der Waals surface area contributed by atoms with E-state index in [0.717, 1.165) is 36.5 Å². The topological polar surface area (TPSA) is 126 Å². The van der Waals surface area contributed by atoms with Crippen LogP contribution in [0, 0.1) is 0 Å². The van der Waals surface area contributed by atoms with Crippen molar-refractivity contribution in [2.24, 2.45) is 0 Å². The van der Waals surface area contributed by atoms with E-state index in [0.29, 0.717) is 35.6 Å². The van der Waals surface area contributed by atoms with E-state index < -0.39 is 0 Å². The zero-order chi connectivity index (χ0) is 20.9. The van der Waals surface area contributed by atoms with Gasteiger partial charge in [0.15, 0.2) is 5.65 Å². The molecule has 0 saturated carbocycles. The van der Waals surface area contributed by atoms with E-state index in [1.165, 1.54) is 11.3 Å². The number of hydrogen-bond donors (Lipinski definition) is 5. The number of nitrogens with zero attached hydrogens (tertiary/aromatic N) is 3. The van der Waals surface area contributed by atoms with Crippen molar-refractivity contribution in [3.8, 4) is 10.7 Å². The first-order valence-electron chi connectivity index (χ1n) is 10.1. The molecule has 0 aromatic carbocycles. The van der Waals surface area contributed by atoms with Crippen LogP contribution in [-0.2, 0) is 0 Å². The molecule has 4 heterocycles. The highest BCUT2D eigenvalue weighted by Crippen LogP contribution is 2.31. The van der Waals surface area contributed by atoms with Crippen LogP contribution in [0.15, 0.2) is 23.7 Å². The van der Waals surface area contributed by atoms with Gasteiger partial charge in [-0.3, -0.25) is 4.79 Å². The summed E-state index contributed by atoms with van der Waals surface area (Å²) in [5, 5.41) is 26.9. The highest BCUT2D eigenvalue weighted by molar-refractivity contribution is 7.14. The molecular formula is C20H26N6O3S. The summed E-state index contributed by atoms with van der Waals surface area (Å²) in [6.45, 7) is 2.67. The summed E-state index contributed by atoms with van der Waals surface area (Å²) >= 11 is 1.51. The number of amides is 1. The van der Waals surface area contributed by atoms with Crippen LogP contribution in [-0.4, -0.2) is 76.5 Å². The lowest BCUT2D eigenvalue weighted by Gasteiger charge is -2.23. The molecule has 1 atom stereocenters. The summed E-state index contributed by atoms with van der Waals surface area (Å²) in [7, 11) is 0. The van der Waals surface area contributed by atoms with Gasteiger partial charge in [0, 0.05) is 42.9 Å². The smallest absolute Gasteiger partial charge is 0.253 e. The fourth-order valence-electron chi connectivity index (χ4n) is 3.68. The Hall–Kier alpha value is -2.53. The number of imidazole rings is 1. The molecule has 160 valence electrons. The Kier molecular flexibility index (Phi) is 6.58. The lowest BCUT2D eigenvalue weighted by molar-refractivity contribution is 0.0932. The number of thiophene rings is 1. The fourth-order valence-corrected chi connectivity index (χ4v) is 4.54. The zero-order valence-electron chi connectivity index (χ0n) is 16.6. The van der Waals surface area contributed by atoms with E-state index in [2.05, 4.69) is 25.6 Å². The van der Waals surface area contributed by atoms with Crippen LogP contribution in [0.3, 0.4) is 0 Å². The predicted molar refractivity (Wildman–Crippen MR) is 117 cm³/mol. The number of H-pyrrole nitrogens is 1. The van der Waals surface area contributed by atoms with Crippen molar-refractivity contribution in [1.29, 1.82) is 0 Å². The third-order valence-corrected chi connectivity index (χ3v) is 6.11. The molecule has 1 aliphatic rings. The zero-order valence-corrected chi connectivity index (χ0v) is 17.4. The molecule has 0 unspecified atom stereocenters. The van der Waals surface area contributed by atoms with Crippen molar-refractivity contribution in [2.45, 2.75) is 18.9 Å². The van der Waals surface area contributed by atoms with E-state index in [4.69, 9.17) is 0 Å². The first-order valence-corrected chi connectivity index (χ1v) is 11.0. The molecule has 0 aliphatic carbocycles. The van der Waals surface area contributed by atoms with E-state index in [-0.39, 0.29) is 25.2 Å². The second kappa shape index (κ2) is 9.52. The van der Waals surface area contributed by atoms with E-state index in [1.807, 2.05) is 16.3 Å². The number of hydrogen-bond acceptors (Lipinski definition) is 8. The number of aliphatic hydroxyl groups is 2. The van der Waals surface area contributed by atoms with Gasteiger partial charge in [0.2, 0.25) is 0 Å². The molecule has 1 fully saturated rings. The van der Waals surface area contributed by atoms with Gasteiger partial charge in [0.05, 0.1) is 23.7 Å². The number of nitrogens with one attached hydrogen (secondary N) is 3. The van der Waals surface area contributed by atoms with Crippen LogP contribution < -0.4 is 15.5 Å². The van der Waals surface area contributed by atoms with Crippen molar-refractivity contribution in [3.05, 3.63) is 29.3 Å². The molecule has 3 aromatic rings. The van der Waals surface area contributed by atoms with E-state index in [9.17, 15) is 15.0 Å². The number of carbonyl (C=O) groups is 1. The minimum absolute atomic E-state index is 0.00865. The average Bonchev–Trinajstić information content (AvgIpc) is 3.41. The highest BCUT2D eigenvalue weighted by atomic mass is 32.1. The monoisotopic (exact) mass is 430 g/mol. The SMILES string of the molecule is O=C(N[C@H]1CCCNC1)c1ccnc2[nH]c(-c3cc(N(CCO)CCO)cs3)nc12. The van der Waals surface area contributed by atoms with Gasteiger partial charge >= 0.3 is 0 Å². The first kappa shape index (κ1) is 20.7. The number of anilines is 1. The molecule has 1 aliphatic heterocycles. The van der Waals surface area contributed by atoms with Crippen LogP contribution in [0.25, 0.3) is 21.9 Å². The second-order valence-electron chi connectivity index (χ2n) is 7.26. The van der Waals surface area contributed by atoms with Crippen LogP contribution >= 0.6 is 11.3 Å². The standard InChI is InChI=1S/C20H26N6O3S/c27-8-6-26(7-9-28)14-10-16(30-12-14)18-24-17-15(3-5-22-19(17)25-18)20(29)23-13-2-1-4-21-11-13/h3,5,10,12-13,21,27-28H,1-2,4,6-9,11H2,(H,23,29)(H,22,24,25)/t13-/m0/s1. The molecule has 0 spiro atoms. The van der Waals surface area contributed by atoms with Gasteiger partial charge in [-0.15, -0.1) is 11.3 Å². The van der Waals surface area contributed by atoms with Crippen LogP contribution in [0.2, 0.25) is 0 Å². The van der Waals surface area contributed by atoms with Crippen LogP contribution in [0.5, 0.6) is 0 Å². The normalized spacial score (nSPS) is 16.7. The van der Waals surface area contributed by atoms with Gasteiger partial charge < -0.3 is 30.7 Å². The van der Waals surface area contributed by atoms with Crippen molar-refractivity contribution in [3.63, 3.8) is 0 Å². The number of fused-ring (bicyclic) bond motifs is 1. The number of pyridine rings is 1. The number of rotatable bonds is 8. The van der Waals surface area contributed by atoms with Crippen molar-refractivity contribution < 1.29 is 15.0 Å². The number of carbonyl (C=O) groups excluding carboxylic acids is 1. The highest BCUT2D eigenvalue weighted by Gasteiger charge is 2.20. The van der Waals surface area contributed by atoms with Crippen molar-refractivity contribution in [2.75, 3.05) is 44.3 Å². The summed E-state index contributed by atoms with van der Waals surface area (Å²) in [5.74, 6) is 0.499. The number of aliphatic hydroxyl groups excluding tert-OH is 2. The summed E-state index contributed by atoms with van der Waals surface area (Å²) in [6.07, 6.45) is 3.63. The van der Waals surface area contributed by atoms with Gasteiger partial charge in [-0.2, -0.15) is 0 Å². The molecule has 4 rings (SSSR count). The summed E-state index contributed by atoms with van der Waals surface area (Å²) < 4.78 is 0. The van der Waals surface area contributed by atoms with Gasteiger partial charge in [-0.05, 0) is 31.5 Å². The maximum atomic E-state index is 12.8. The molecule has 10 heteroatoms. The summed E-state index contributed by atoms with van der Waals surface area (Å²) in [5.41, 5.74) is 2.53. The lowest BCUT2D eigenvalue weighted by atomic mass is 10.1. The quantitative estimate of drug-likeness (QED) is 0.360. The lowest BCUT2D eigenvalue weighted by Crippen LogP contribution is -2.45. The molecule has 1 amide bonds. The first-order chi connectivity index (χ1) is 14.7. The van der Waals surface area contributed by atoms with E-state index >= 15 is 0 Å². The molecule has 3 aromatic heterocycles. The molecule has 9 nitrogen and oxygen atoms in total. The number of aromatic amines is 1. The Morgan fingerprint density at radius 3 is 2.90 bits per heavy atom. The van der Waals surface area contributed by atoms with Gasteiger partial charge in [0.1, 0.15) is 11.3 Å². The minimum atomic E-state index is -0.141. The third kappa shape index (κ3) is 4.46. The predicted octanol–water partition coefficient (Wildman–Crippen LogP) is 0.959. The van der Waals surface area contributed by atoms with Crippen molar-refractivity contribution in [1.82, 2.24) is 25.6 Å². The Morgan fingerprint density at radius 1 is 1.33 bits per heavy atom. The van der Waals surface area contributed by atoms with Gasteiger partial charge in [0.25, 0.3) is 5.91 Å². The molecule has 1 saturated heterocycles. The number of aromatic nitrogens is 3. The maximum Gasteiger partial charge on any atom is 0.253 e. The molecule has 5 N–H and O–H groups in total. The van der Waals surface area contributed by atoms with Gasteiger partial charge in [-0.25, -0.2) is 9.97 Å². The molecule has 30 heavy (non-hydrogen) atoms. The van der Waals surface area contributed by atoms with Gasteiger partial charge in [-0.1, -0.05) is 0 Å². The Bertz CT molecular complexity index is 992. The van der Waals surface area contributed by atoms with Crippen molar-refractivity contribution >= 4 is 34.1 Å². The fraction of sp³-hybridized carbons (Fsp3) is 0.450. The summed E-state index contributed by atoms with van der Waals surface area (Å²) in [6, 6.07) is 3.78. The van der Waals surface area contributed by atoms with Crippen LogP contribution in [0.1, 0.15) is 23.2 Å². The Labute approximate surface area is 178 Å². The summed E-state index contributed by atoms with van der Waals surface area (Å²) in [4.78, 5) is 27.8. The maximum absolute atomic E-state index is 12.8. The molecule has 0 radical (unpaired) electrons. The molecule has 0 bridgehead atoms. The second-order valence-corrected chi connectivity index (χ2v) is 8.17. The average molecular weight is 431 g/mol. The molecular weight excluding hydrogens is 404 g/mol. The Balaban J connectivity index is 1.58. The van der Waals surface area contributed by atoms with Crippen LogP contribution in [0.4, 0.5) is 5.69 Å². The third-order valence-electron chi connectivity index (χ3n) is 5.19. The number of piperidine rings is 1. The Morgan fingerprint density at radius 2 is 2.17 bits per heavy atom. The largest absolute Gasteiger partial charge is 0.395 e. The van der Waals surface area contributed by atoms with E-state index in [1.54, 1.807) is 12.3 Å². The minimum Gasteiger partial charge on any atom is -0.395 e.